The van der Waals surface area contributed by atoms with Gasteiger partial charge in [0.2, 0.25) is 10.0 Å². The first kappa shape index (κ1) is 13.2. The molecule has 1 atom stereocenters. The summed E-state index contributed by atoms with van der Waals surface area (Å²) in [5.41, 5.74) is 1.49. The third-order valence-electron chi connectivity index (χ3n) is 3.40. The van der Waals surface area contributed by atoms with E-state index in [-0.39, 0.29) is 10.9 Å². The molecule has 3 rings (SSSR count). The van der Waals surface area contributed by atoms with Gasteiger partial charge in [-0.3, -0.25) is 15.1 Å². The Bertz CT molecular complexity index is 698. The minimum Gasteiger partial charge on any atom is -0.284 e. The molecule has 2 aromatic heterocycles. The maximum absolute atomic E-state index is 12.6. The summed E-state index contributed by atoms with van der Waals surface area (Å²) in [6.45, 7) is 2.34. The molecule has 106 valence electrons. The second-order valence-corrected chi connectivity index (χ2v) is 6.68. The number of aromatic amines is 1. The number of nitrogens with zero attached hydrogens (tertiary/aromatic N) is 4. The first-order valence-electron chi connectivity index (χ1n) is 6.38. The van der Waals surface area contributed by atoms with Gasteiger partial charge < -0.3 is 0 Å². The van der Waals surface area contributed by atoms with Gasteiger partial charge in [-0.2, -0.15) is 9.40 Å². The smallest absolute Gasteiger partial charge is 0.246 e. The van der Waals surface area contributed by atoms with Crippen LogP contribution in [-0.2, 0) is 10.0 Å². The highest BCUT2D eigenvalue weighted by molar-refractivity contribution is 7.89. The van der Waals surface area contributed by atoms with Crippen molar-refractivity contribution in [2.45, 2.75) is 30.7 Å². The predicted octanol–water partition coefficient (Wildman–Crippen LogP) is 1.03. The molecule has 3 heterocycles. The van der Waals surface area contributed by atoms with Crippen LogP contribution >= 0.6 is 0 Å². The maximum atomic E-state index is 12.6. The zero-order valence-electron chi connectivity index (χ0n) is 11.0. The normalized spacial score (nSPS) is 20.4. The fraction of sp³-hybridized carbons (Fsp3) is 0.417. The Morgan fingerprint density at radius 1 is 1.35 bits per heavy atom. The summed E-state index contributed by atoms with van der Waals surface area (Å²) in [7, 11) is -3.53. The van der Waals surface area contributed by atoms with Gasteiger partial charge in [0.15, 0.2) is 0 Å². The monoisotopic (exact) mass is 293 g/mol. The van der Waals surface area contributed by atoms with Crippen molar-refractivity contribution in [3.63, 3.8) is 0 Å². The molecular formula is C12H15N5O2S. The van der Waals surface area contributed by atoms with E-state index in [1.54, 1.807) is 12.4 Å². The van der Waals surface area contributed by atoms with Crippen molar-refractivity contribution in [2.75, 3.05) is 6.54 Å². The maximum Gasteiger partial charge on any atom is 0.246 e. The molecule has 1 fully saturated rings. The van der Waals surface area contributed by atoms with E-state index in [0.717, 1.165) is 18.5 Å². The molecule has 0 bridgehead atoms. The van der Waals surface area contributed by atoms with Crippen molar-refractivity contribution < 1.29 is 8.42 Å². The lowest BCUT2D eigenvalue weighted by atomic mass is 10.2. The summed E-state index contributed by atoms with van der Waals surface area (Å²) in [6, 6.07) is -0.248. The Kier molecular flexibility index (Phi) is 3.27. The minimum absolute atomic E-state index is 0.185. The van der Waals surface area contributed by atoms with Gasteiger partial charge in [-0.25, -0.2) is 8.42 Å². The highest BCUT2D eigenvalue weighted by atomic mass is 32.2. The number of nitrogens with one attached hydrogen (secondary N) is 1. The van der Waals surface area contributed by atoms with E-state index in [4.69, 9.17) is 0 Å². The molecule has 1 aliphatic rings. The Balaban J connectivity index is 1.98. The summed E-state index contributed by atoms with van der Waals surface area (Å²) < 4.78 is 26.7. The third kappa shape index (κ3) is 2.20. The first-order valence-corrected chi connectivity index (χ1v) is 7.82. The summed E-state index contributed by atoms with van der Waals surface area (Å²) >= 11 is 0. The molecule has 0 spiro atoms. The second-order valence-electron chi connectivity index (χ2n) is 4.79. The van der Waals surface area contributed by atoms with Gasteiger partial charge in [-0.15, -0.1) is 0 Å². The van der Waals surface area contributed by atoms with Crippen LogP contribution in [0.4, 0.5) is 0 Å². The summed E-state index contributed by atoms with van der Waals surface area (Å²) in [4.78, 5) is 8.70. The molecule has 8 heteroatoms. The Labute approximate surface area is 117 Å². The molecule has 0 aromatic carbocycles. The lowest BCUT2D eigenvalue weighted by Crippen LogP contribution is -2.31. The molecule has 2 aromatic rings. The lowest BCUT2D eigenvalue weighted by molar-refractivity contribution is 0.389. The lowest BCUT2D eigenvalue weighted by Gasteiger charge is -2.22. The van der Waals surface area contributed by atoms with Crippen molar-refractivity contribution in [3.8, 4) is 0 Å². The van der Waals surface area contributed by atoms with Gasteiger partial charge in [0.1, 0.15) is 4.90 Å². The molecule has 20 heavy (non-hydrogen) atoms. The van der Waals surface area contributed by atoms with Gasteiger partial charge in [-0.1, -0.05) is 0 Å². The van der Waals surface area contributed by atoms with Crippen LogP contribution in [0, 0.1) is 6.92 Å². The topological polar surface area (TPSA) is 91.8 Å². The average molecular weight is 293 g/mol. The largest absolute Gasteiger partial charge is 0.284 e. The van der Waals surface area contributed by atoms with E-state index in [2.05, 4.69) is 20.2 Å². The van der Waals surface area contributed by atoms with Gasteiger partial charge in [-0.05, 0) is 19.8 Å². The minimum atomic E-state index is -3.53. The number of hydrogen-bond donors (Lipinski definition) is 1. The Morgan fingerprint density at radius 2 is 2.20 bits per heavy atom. The molecule has 1 unspecified atom stereocenters. The standard InChI is InChI=1S/C12H15N5O2S/c1-9-5-13-8-11(16-9)12-3-2-4-17(12)20(18,19)10-6-14-15-7-10/h5-8,12H,2-4H2,1H3,(H,14,15). The van der Waals surface area contributed by atoms with E-state index < -0.39 is 10.0 Å². The van der Waals surface area contributed by atoms with Crippen molar-refractivity contribution in [1.82, 2.24) is 24.5 Å². The average Bonchev–Trinajstić information content (AvgIpc) is 3.11. The van der Waals surface area contributed by atoms with Crippen molar-refractivity contribution in [1.29, 1.82) is 0 Å². The van der Waals surface area contributed by atoms with E-state index >= 15 is 0 Å². The second kappa shape index (κ2) is 4.95. The zero-order valence-corrected chi connectivity index (χ0v) is 11.8. The van der Waals surface area contributed by atoms with Gasteiger partial charge in [0.05, 0.1) is 29.8 Å². The highest BCUT2D eigenvalue weighted by Gasteiger charge is 2.37. The SMILES string of the molecule is Cc1cncc(C2CCCN2S(=O)(=O)c2cn[nH]c2)n1. The van der Waals surface area contributed by atoms with Crippen LogP contribution < -0.4 is 0 Å². The van der Waals surface area contributed by atoms with Crippen molar-refractivity contribution in [3.05, 3.63) is 36.2 Å². The molecule has 0 amide bonds. The van der Waals surface area contributed by atoms with Crippen LogP contribution in [0.2, 0.25) is 0 Å². The van der Waals surface area contributed by atoms with Crippen LogP contribution in [0.25, 0.3) is 0 Å². The van der Waals surface area contributed by atoms with E-state index in [0.29, 0.717) is 12.2 Å². The van der Waals surface area contributed by atoms with Crippen molar-refractivity contribution >= 4 is 10.0 Å². The fourth-order valence-corrected chi connectivity index (χ4v) is 4.06. The Hall–Kier alpha value is -1.80. The molecule has 1 saturated heterocycles. The van der Waals surface area contributed by atoms with Crippen LogP contribution in [-0.4, -0.2) is 39.4 Å². The van der Waals surface area contributed by atoms with Crippen LogP contribution in [0.15, 0.2) is 29.7 Å². The van der Waals surface area contributed by atoms with E-state index in [1.165, 1.54) is 16.7 Å². The summed E-state index contributed by atoms with van der Waals surface area (Å²) in [6.07, 6.45) is 7.60. The number of aromatic nitrogens is 4. The molecule has 0 aliphatic carbocycles. The van der Waals surface area contributed by atoms with Crippen molar-refractivity contribution in [2.24, 2.45) is 0 Å². The molecular weight excluding hydrogens is 278 g/mol. The molecule has 1 N–H and O–H groups in total. The van der Waals surface area contributed by atoms with Crippen LogP contribution in [0.5, 0.6) is 0 Å². The third-order valence-corrected chi connectivity index (χ3v) is 5.27. The quantitative estimate of drug-likeness (QED) is 0.912. The van der Waals surface area contributed by atoms with E-state index in [1.807, 2.05) is 6.92 Å². The molecule has 0 saturated carbocycles. The number of sulfonamides is 1. The predicted molar refractivity (Wildman–Crippen MR) is 71.2 cm³/mol. The van der Waals surface area contributed by atoms with Gasteiger partial charge in [0, 0.05) is 18.9 Å². The first-order chi connectivity index (χ1) is 9.59. The molecule has 0 radical (unpaired) electrons. The van der Waals surface area contributed by atoms with E-state index in [9.17, 15) is 8.42 Å². The number of H-pyrrole nitrogens is 1. The summed E-state index contributed by atoms with van der Waals surface area (Å²) in [5, 5.41) is 6.25. The zero-order chi connectivity index (χ0) is 14.2. The highest BCUT2D eigenvalue weighted by Crippen LogP contribution is 2.35. The fourth-order valence-electron chi connectivity index (χ4n) is 2.48. The van der Waals surface area contributed by atoms with Crippen LogP contribution in [0.1, 0.15) is 30.3 Å². The Morgan fingerprint density at radius 3 is 2.90 bits per heavy atom. The number of rotatable bonds is 3. The van der Waals surface area contributed by atoms with Crippen LogP contribution in [0.3, 0.4) is 0 Å². The molecule has 1 aliphatic heterocycles. The number of hydrogen-bond acceptors (Lipinski definition) is 5. The number of aryl methyl sites for hydroxylation is 1. The van der Waals surface area contributed by atoms with Gasteiger partial charge >= 0.3 is 0 Å². The molecule has 7 nitrogen and oxygen atoms in total. The summed E-state index contributed by atoms with van der Waals surface area (Å²) in [5.74, 6) is 0. The van der Waals surface area contributed by atoms with Gasteiger partial charge in [0.25, 0.3) is 0 Å².